The van der Waals surface area contributed by atoms with E-state index in [0.717, 1.165) is 10.6 Å². The Morgan fingerprint density at radius 3 is 2.24 bits per heavy atom. The summed E-state index contributed by atoms with van der Waals surface area (Å²) in [6.45, 7) is 5.45. The fourth-order valence-corrected chi connectivity index (χ4v) is 2.34. The summed E-state index contributed by atoms with van der Waals surface area (Å²) in [7, 11) is 0. The molecule has 0 heterocycles. The molecule has 0 aliphatic heterocycles. The molecule has 1 aromatic rings. The van der Waals surface area contributed by atoms with Crippen LogP contribution in [0.4, 0.5) is 0 Å². The maximum absolute atomic E-state index is 11.2. The first-order valence-corrected chi connectivity index (χ1v) is 6.60. The predicted molar refractivity (Wildman–Crippen MR) is 69.2 cm³/mol. The van der Waals surface area contributed by atoms with Gasteiger partial charge in [-0.15, -0.1) is 11.8 Å². The monoisotopic (exact) mass is 254 g/mol. The van der Waals surface area contributed by atoms with E-state index in [9.17, 15) is 15.0 Å². The largest absolute Gasteiger partial charge is 0.479 e. The predicted octanol–water partition coefficient (Wildman–Crippen LogP) is 2.73. The lowest BCUT2D eigenvalue weighted by Crippen LogP contribution is -2.40. The second-order valence-corrected chi connectivity index (χ2v) is 5.52. The first-order chi connectivity index (χ1) is 7.92. The van der Waals surface area contributed by atoms with E-state index in [1.807, 2.05) is 12.1 Å². The number of aliphatic hydroxyl groups is 1. The van der Waals surface area contributed by atoms with Crippen molar-refractivity contribution in [2.75, 3.05) is 5.75 Å². The molecule has 0 saturated carbocycles. The van der Waals surface area contributed by atoms with E-state index in [1.54, 1.807) is 37.7 Å². The smallest absolute Gasteiger partial charge is 0.340 e. The first kappa shape index (κ1) is 14.1. The lowest BCUT2D eigenvalue weighted by atomic mass is 9.83. The van der Waals surface area contributed by atoms with E-state index in [2.05, 4.69) is 6.92 Å². The molecule has 0 amide bonds. The van der Waals surface area contributed by atoms with Crippen molar-refractivity contribution in [3.63, 3.8) is 0 Å². The number of carboxylic acid groups (broad SMARTS) is 1. The minimum Gasteiger partial charge on any atom is -0.479 e. The zero-order valence-electron chi connectivity index (χ0n) is 10.3. The Balaban J connectivity index is 3.09. The molecular weight excluding hydrogens is 236 g/mol. The Morgan fingerprint density at radius 1 is 1.35 bits per heavy atom. The quantitative estimate of drug-likeness (QED) is 0.793. The third-order valence-corrected chi connectivity index (χ3v) is 3.66. The van der Waals surface area contributed by atoms with Crippen molar-refractivity contribution in [1.82, 2.24) is 0 Å². The third-order valence-electron chi connectivity index (χ3n) is 2.77. The molecule has 0 aliphatic rings. The van der Waals surface area contributed by atoms with Gasteiger partial charge < -0.3 is 10.2 Å². The molecule has 0 spiro atoms. The highest BCUT2D eigenvalue weighted by Gasteiger charge is 2.41. The number of thioether (sulfide) groups is 1. The average molecular weight is 254 g/mol. The van der Waals surface area contributed by atoms with Crippen LogP contribution in [0.2, 0.25) is 0 Å². The van der Waals surface area contributed by atoms with Gasteiger partial charge in [0.05, 0.1) is 0 Å². The molecule has 0 fully saturated rings. The van der Waals surface area contributed by atoms with Gasteiger partial charge >= 0.3 is 5.97 Å². The van der Waals surface area contributed by atoms with Gasteiger partial charge in [0.1, 0.15) is 0 Å². The van der Waals surface area contributed by atoms with Crippen LogP contribution in [0.25, 0.3) is 0 Å². The Morgan fingerprint density at radius 2 is 1.88 bits per heavy atom. The highest BCUT2D eigenvalue weighted by Crippen LogP contribution is 2.31. The van der Waals surface area contributed by atoms with Crippen LogP contribution in [-0.4, -0.2) is 21.9 Å². The Hall–Kier alpha value is -1.00. The molecule has 0 radical (unpaired) electrons. The van der Waals surface area contributed by atoms with Crippen LogP contribution >= 0.6 is 11.8 Å². The number of carbonyl (C=O) groups is 1. The Labute approximate surface area is 106 Å². The van der Waals surface area contributed by atoms with E-state index >= 15 is 0 Å². The number of hydrogen-bond donors (Lipinski definition) is 2. The van der Waals surface area contributed by atoms with Gasteiger partial charge in [0.25, 0.3) is 0 Å². The average Bonchev–Trinajstić information content (AvgIpc) is 2.28. The standard InChI is InChI=1S/C13H18O3S/c1-4-17-11-7-5-10(6-8-11)13(16,9(2)3)12(14)15/h5-9,16H,4H2,1-3H3,(H,14,15). The van der Waals surface area contributed by atoms with Gasteiger partial charge in [0, 0.05) is 4.90 Å². The minimum absolute atomic E-state index is 0.385. The van der Waals surface area contributed by atoms with Crippen molar-refractivity contribution in [1.29, 1.82) is 0 Å². The topological polar surface area (TPSA) is 57.5 Å². The highest BCUT2D eigenvalue weighted by atomic mass is 32.2. The zero-order valence-corrected chi connectivity index (χ0v) is 11.1. The third kappa shape index (κ3) is 2.82. The van der Waals surface area contributed by atoms with Crippen molar-refractivity contribution in [3.8, 4) is 0 Å². The second kappa shape index (κ2) is 5.56. The first-order valence-electron chi connectivity index (χ1n) is 5.62. The van der Waals surface area contributed by atoms with Crippen LogP contribution in [0.15, 0.2) is 29.2 Å². The van der Waals surface area contributed by atoms with Crippen LogP contribution in [0, 0.1) is 5.92 Å². The molecule has 1 aromatic carbocycles. The van der Waals surface area contributed by atoms with E-state index in [4.69, 9.17) is 0 Å². The van der Waals surface area contributed by atoms with Gasteiger partial charge in [-0.2, -0.15) is 0 Å². The minimum atomic E-state index is -1.81. The molecule has 0 bridgehead atoms. The number of carboxylic acids is 1. The molecule has 17 heavy (non-hydrogen) atoms. The highest BCUT2D eigenvalue weighted by molar-refractivity contribution is 7.99. The summed E-state index contributed by atoms with van der Waals surface area (Å²) in [6, 6.07) is 7.07. The van der Waals surface area contributed by atoms with Crippen molar-refractivity contribution in [2.24, 2.45) is 5.92 Å². The molecule has 2 N–H and O–H groups in total. The number of aliphatic carboxylic acids is 1. The van der Waals surface area contributed by atoms with Crippen molar-refractivity contribution < 1.29 is 15.0 Å². The van der Waals surface area contributed by atoms with Gasteiger partial charge in [-0.3, -0.25) is 0 Å². The molecule has 94 valence electrons. The normalized spacial score (nSPS) is 14.6. The van der Waals surface area contributed by atoms with Gasteiger partial charge in [-0.1, -0.05) is 32.9 Å². The van der Waals surface area contributed by atoms with Gasteiger partial charge in [0.15, 0.2) is 5.60 Å². The van der Waals surface area contributed by atoms with Gasteiger partial charge in [-0.05, 0) is 29.4 Å². The maximum atomic E-state index is 11.2. The van der Waals surface area contributed by atoms with Crippen LogP contribution < -0.4 is 0 Å². The zero-order chi connectivity index (χ0) is 13.1. The second-order valence-electron chi connectivity index (χ2n) is 4.18. The van der Waals surface area contributed by atoms with E-state index < -0.39 is 11.6 Å². The molecular formula is C13H18O3S. The number of hydrogen-bond acceptors (Lipinski definition) is 3. The van der Waals surface area contributed by atoms with Crippen LogP contribution in [0.5, 0.6) is 0 Å². The molecule has 1 unspecified atom stereocenters. The summed E-state index contributed by atoms with van der Waals surface area (Å²) in [6.07, 6.45) is 0. The van der Waals surface area contributed by atoms with E-state index in [-0.39, 0.29) is 5.92 Å². The molecule has 3 nitrogen and oxygen atoms in total. The summed E-state index contributed by atoms with van der Waals surface area (Å²) in [4.78, 5) is 12.3. The van der Waals surface area contributed by atoms with Gasteiger partial charge in [0.2, 0.25) is 0 Å². The lowest BCUT2D eigenvalue weighted by molar-refractivity contribution is -0.165. The Kier molecular flexibility index (Phi) is 4.60. The molecule has 0 saturated heterocycles. The van der Waals surface area contributed by atoms with E-state index in [0.29, 0.717) is 5.56 Å². The summed E-state index contributed by atoms with van der Waals surface area (Å²) >= 11 is 1.68. The fourth-order valence-electron chi connectivity index (χ4n) is 1.68. The summed E-state index contributed by atoms with van der Waals surface area (Å²) < 4.78 is 0. The number of rotatable bonds is 5. The van der Waals surface area contributed by atoms with E-state index in [1.165, 1.54) is 0 Å². The lowest BCUT2D eigenvalue weighted by Gasteiger charge is -2.28. The Bertz CT molecular complexity index is 386. The SMILES string of the molecule is CCSc1ccc(C(O)(C(=O)O)C(C)C)cc1. The van der Waals surface area contributed by atoms with Crippen LogP contribution in [0.1, 0.15) is 26.3 Å². The maximum Gasteiger partial charge on any atom is 0.340 e. The van der Waals surface area contributed by atoms with Crippen molar-refractivity contribution >= 4 is 17.7 Å². The molecule has 0 aromatic heterocycles. The molecule has 1 rings (SSSR count). The fraction of sp³-hybridized carbons (Fsp3) is 0.462. The summed E-state index contributed by atoms with van der Waals surface area (Å²) in [5.41, 5.74) is -1.38. The number of benzene rings is 1. The van der Waals surface area contributed by atoms with Crippen molar-refractivity contribution in [3.05, 3.63) is 29.8 Å². The van der Waals surface area contributed by atoms with Gasteiger partial charge in [-0.25, -0.2) is 4.79 Å². The summed E-state index contributed by atoms with van der Waals surface area (Å²) in [5, 5.41) is 19.4. The van der Waals surface area contributed by atoms with Crippen molar-refractivity contribution in [2.45, 2.75) is 31.3 Å². The molecule has 0 aliphatic carbocycles. The summed E-state index contributed by atoms with van der Waals surface area (Å²) in [5.74, 6) is -0.625. The van der Waals surface area contributed by atoms with Crippen LogP contribution in [0.3, 0.4) is 0 Å². The van der Waals surface area contributed by atoms with Crippen LogP contribution in [-0.2, 0) is 10.4 Å². The molecule has 4 heteroatoms. The molecule has 1 atom stereocenters.